The molecule has 2 amide bonds. The van der Waals surface area contributed by atoms with Gasteiger partial charge in [0.15, 0.2) is 11.5 Å². The highest BCUT2D eigenvalue weighted by atomic mass is 16.5. The summed E-state index contributed by atoms with van der Waals surface area (Å²) in [5, 5.41) is 2.84. The van der Waals surface area contributed by atoms with Crippen LogP contribution in [0, 0.1) is 0 Å². The Bertz CT molecular complexity index is 892. The maximum absolute atomic E-state index is 12.3. The van der Waals surface area contributed by atoms with Gasteiger partial charge in [0.25, 0.3) is 0 Å². The van der Waals surface area contributed by atoms with Crippen molar-refractivity contribution >= 4 is 29.3 Å². The monoisotopic (exact) mass is 380 g/mol. The number of anilines is 2. The lowest BCUT2D eigenvalue weighted by Gasteiger charge is -2.27. The highest BCUT2D eigenvalue weighted by Crippen LogP contribution is 2.28. The van der Waals surface area contributed by atoms with E-state index in [0.717, 1.165) is 30.6 Å². The first kappa shape index (κ1) is 19.5. The molecule has 1 aliphatic rings. The van der Waals surface area contributed by atoms with E-state index in [0.29, 0.717) is 23.6 Å². The zero-order valence-corrected chi connectivity index (χ0v) is 16.1. The van der Waals surface area contributed by atoms with Crippen LogP contribution in [0.15, 0.2) is 48.5 Å². The first-order valence-corrected chi connectivity index (χ1v) is 9.22. The Balaban J connectivity index is 1.67. The number of hydrogen-bond donors (Lipinski definition) is 1. The molecule has 0 aliphatic carbocycles. The zero-order chi connectivity index (χ0) is 19.9. The number of piperidine rings is 1. The smallest absolute Gasteiger partial charge is 0.248 e. The number of nitrogens with zero attached hydrogens (tertiary/aromatic N) is 1. The minimum absolute atomic E-state index is 0.128. The van der Waals surface area contributed by atoms with Gasteiger partial charge in [-0.15, -0.1) is 0 Å². The van der Waals surface area contributed by atoms with Crippen LogP contribution < -0.4 is 19.7 Å². The van der Waals surface area contributed by atoms with E-state index in [9.17, 15) is 9.59 Å². The second kappa shape index (κ2) is 9.08. The molecule has 0 atom stereocenters. The Kier molecular flexibility index (Phi) is 6.32. The van der Waals surface area contributed by atoms with Gasteiger partial charge in [-0.2, -0.15) is 0 Å². The average molecular weight is 380 g/mol. The number of ether oxygens (including phenoxy) is 2. The van der Waals surface area contributed by atoms with Crippen LogP contribution in [-0.4, -0.2) is 32.6 Å². The fraction of sp³-hybridized carbons (Fsp3) is 0.273. The van der Waals surface area contributed by atoms with Crippen LogP contribution >= 0.6 is 0 Å². The van der Waals surface area contributed by atoms with Crippen LogP contribution in [-0.2, 0) is 9.59 Å². The van der Waals surface area contributed by atoms with Gasteiger partial charge in [-0.1, -0.05) is 12.1 Å². The van der Waals surface area contributed by atoms with Crippen LogP contribution in [0.1, 0.15) is 24.8 Å². The minimum Gasteiger partial charge on any atom is -0.493 e. The maximum atomic E-state index is 12.3. The van der Waals surface area contributed by atoms with E-state index in [-0.39, 0.29) is 11.8 Å². The van der Waals surface area contributed by atoms with Gasteiger partial charge in [0, 0.05) is 30.4 Å². The molecule has 3 rings (SSSR count). The summed E-state index contributed by atoms with van der Waals surface area (Å²) in [6.45, 7) is 0.718. The lowest BCUT2D eigenvalue weighted by Crippen LogP contribution is -2.35. The van der Waals surface area contributed by atoms with E-state index in [2.05, 4.69) is 5.32 Å². The van der Waals surface area contributed by atoms with Gasteiger partial charge >= 0.3 is 0 Å². The van der Waals surface area contributed by atoms with Gasteiger partial charge in [0.05, 0.1) is 14.2 Å². The maximum Gasteiger partial charge on any atom is 0.248 e. The standard InChI is InChI=1S/C22H24N2O4/c1-27-19-11-9-16(14-20(19)28-2)10-12-21(25)23-17-6-5-7-18(15-17)24-13-4-3-8-22(24)26/h5-7,9-12,14-15H,3-4,8,13H2,1-2H3,(H,23,25)/b12-10+. The Morgan fingerprint density at radius 1 is 1.07 bits per heavy atom. The topological polar surface area (TPSA) is 67.9 Å². The molecule has 0 bridgehead atoms. The van der Waals surface area contributed by atoms with Crippen LogP contribution in [0.2, 0.25) is 0 Å². The third-order valence-electron chi connectivity index (χ3n) is 4.58. The molecule has 146 valence electrons. The first-order chi connectivity index (χ1) is 13.6. The van der Waals surface area contributed by atoms with Crippen molar-refractivity contribution in [2.45, 2.75) is 19.3 Å². The Hall–Kier alpha value is -3.28. The summed E-state index contributed by atoms with van der Waals surface area (Å²) in [4.78, 5) is 26.2. The first-order valence-electron chi connectivity index (χ1n) is 9.22. The summed E-state index contributed by atoms with van der Waals surface area (Å²) in [6, 6.07) is 12.8. The molecule has 0 unspecified atom stereocenters. The van der Waals surface area contributed by atoms with Crippen molar-refractivity contribution in [2.24, 2.45) is 0 Å². The van der Waals surface area contributed by atoms with Crippen molar-refractivity contribution in [3.8, 4) is 11.5 Å². The Morgan fingerprint density at radius 3 is 2.64 bits per heavy atom. The van der Waals surface area contributed by atoms with Crippen LogP contribution in [0.25, 0.3) is 6.08 Å². The van der Waals surface area contributed by atoms with E-state index >= 15 is 0 Å². The molecule has 28 heavy (non-hydrogen) atoms. The second-order valence-corrected chi connectivity index (χ2v) is 6.49. The summed E-state index contributed by atoms with van der Waals surface area (Å²) in [6.07, 6.45) is 5.67. The van der Waals surface area contributed by atoms with Gasteiger partial charge < -0.3 is 19.7 Å². The SMILES string of the molecule is COc1ccc(/C=C/C(=O)Nc2cccc(N3CCCCC3=O)c2)cc1OC. The molecule has 0 spiro atoms. The predicted octanol–water partition coefficient (Wildman–Crippen LogP) is 3.87. The molecule has 0 aromatic heterocycles. The average Bonchev–Trinajstić information content (AvgIpc) is 2.72. The van der Waals surface area contributed by atoms with Crippen LogP contribution in [0.3, 0.4) is 0 Å². The van der Waals surface area contributed by atoms with Crippen molar-refractivity contribution in [3.63, 3.8) is 0 Å². The van der Waals surface area contributed by atoms with Gasteiger partial charge in [0.2, 0.25) is 11.8 Å². The van der Waals surface area contributed by atoms with Crippen molar-refractivity contribution < 1.29 is 19.1 Å². The van der Waals surface area contributed by atoms with Crippen LogP contribution in [0.5, 0.6) is 11.5 Å². The van der Waals surface area contributed by atoms with Gasteiger partial charge in [-0.05, 0) is 54.8 Å². The molecule has 1 N–H and O–H groups in total. The molecule has 6 heteroatoms. The number of rotatable bonds is 6. The number of hydrogen-bond acceptors (Lipinski definition) is 4. The lowest BCUT2D eigenvalue weighted by molar-refractivity contribution is -0.119. The predicted molar refractivity (Wildman–Crippen MR) is 110 cm³/mol. The largest absolute Gasteiger partial charge is 0.493 e. The van der Waals surface area contributed by atoms with Crippen molar-refractivity contribution in [3.05, 3.63) is 54.1 Å². The highest BCUT2D eigenvalue weighted by molar-refractivity contribution is 6.02. The quantitative estimate of drug-likeness (QED) is 0.773. The summed E-state index contributed by atoms with van der Waals surface area (Å²) in [5.41, 5.74) is 2.28. The van der Waals surface area contributed by atoms with Gasteiger partial charge in [-0.25, -0.2) is 0 Å². The summed E-state index contributed by atoms with van der Waals surface area (Å²) >= 11 is 0. The number of methoxy groups -OCH3 is 2. The third-order valence-corrected chi connectivity index (χ3v) is 4.58. The third kappa shape index (κ3) is 4.71. The van der Waals surface area contributed by atoms with Crippen molar-refractivity contribution in [1.29, 1.82) is 0 Å². The number of carbonyl (C=O) groups excluding carboxylic acids is 2. The van der Waals surface area contributed by atoms with E-state index in [1.165, 1.54) is 6.08 Å². The number of nitrogens with one attached hydrogen (secondary N) is 1. The summed E-state index contributed by atoms with van der Waals surface area (Å²) in [7, 11) is 3.14. The molecule has 1 heterocycles. The molecule has 2 aromatic rings. The highest BCUT2D eigenvalue weighted by Gasteiger charge is 2.19. The number of benzene rings is 2. The Labute approximate surface area is 164 Å². The lowest BCUT2D eigenvalue weighted by atomic mass is 10.1. The van der Waals surface area contributed by atoms with Gasteiger partial charge in [0.1, 0.15) is 0 Å². The fourth-order valence-corrected chi connectivity index (χ4v) is 3.14. The van der Waals surface area contributed by atoms with E-state index in [4.69, 9.17) is 9.47 Å². The molecule has 1 fully saturated rings. The molecular weight excluding hydrogens is 356 g/mol. The molecule has 2 aromatic carbocycles. The van der Waals surface area contributed by atoms with E-state index < -0.39 is 0 Å². The normalized spacial score (nSPS) is 14.2. The second-order valence-electron chi connectivity index (χ2n) is 6.49. The molecule has 0 radical (unpaired) electrons. The molecule has 0 saturated carbocycles. The summed E-state index contributed by atoms with van der Waals surface area (Å²) < 4.78 is 10.5. The van der Waals surface area contributed by atoms with E-state index in [1.807, 2.05) is 24.3 Å². The van der Waals surface area contributed by atoms with Gasteiger partial charge in [-0.3, -0.25) is 9.59 Å². The van der Waals surface area contributed by atoms with Crippen molar-refractivity contribution in [2.75, 3.05) is 31.0 Å². The number of carbonyl (C=O) groups is 2. The zero-order valence-electron chi connectivity index (χ0n) is 16.1. The van der Waals surface area contributed by atoms with E-state index in [1.54, 1.807) is 43.4 Å². The molecule has 6 nitrogen and oxygen atoms in total. The Morgan fingerprint density at radius 2 is 1.89 bits per heavy atom. The number of amides is 2. The minimum atomic E-state index is -0.253. The fourth-order valence-electron chi connectivity index (χ4n) is 3.14. The molecule has 1 aliphatic heterocycles. The summed E-state index contributed by atoms with van der Waals surface area (Å²) in [5.74, 6) is 1.11. The molecule has 1 saturated heterocycles. The molecular formula is C22H24N2O4. The van der Waals surface area contributed by atoms with Crippen molar-refractivity contribution in [1.82, 2.24) is 0 Å². The van der Waals surface area contributed by atoms with Crippen LogP contribution in [0.4, 0.5) is 11.4 Å².